The first kappa shape index (κ1) is 22.8. The van der Waals surface area contributed by atoms with Gasteiger partial charge in [-0.15, -0.1) is 41.2 Å². The molecule has 1 amide bonds. The molecular formula is C16H26Cl2N6OS. The van der Waals surface area contributed by atoms with E-state index in [-0.39, 0.29) is 30.7 Å². The molecule has 0 aliphatic carbocycles. The molecular weight excluding hydrogens is 395 g/mol. The third-order valence-electron chi connectivity index (χ3n) is 4.80. The van der Waals surface area contributed by atoms with E-state index in [2.05, 4.69) is 25.9 Å². The molecule has 1 aliphatic rings. The van der Waals surface area contributed by atoms with Crippen molar-refractivity contribution in [3.63, 3.8) is 0 Å². The Morgan fingerprint density at radius 1 is 1.42 bits per heavy atom. The third-order valence-corrected chi connectivity index (χ3v) is 5.83. The van der Waals surface area contributed by atoms with Gasteiger partial charge in [-0.25, -0.2) is 9.67 Å². The van der Waals surface area contributed by atoms with Crippen LogP contribution in [0.3, 0.4) is 0 Å². The second-order valence-corrected chi connectivity index (χ2v) is 7.32. The lowest BCUT2D eigenvalue weighted by Gasteiger charge is -2.27. The van der Waals surface area contributed by atoms with Gasteiger partial charge >= 0.3 is 0 Å². The van der Waals surface area contributed by atoms with Crippen LogP contribution in [-0.2, 0) is 5.54 Å². The van der Waals surface area contributed by atoms with E-state index in [4.69, 9.17) is 0 Å². The highest BCUT2D eigenvalue weighted by Crippen LogP contribution is 2.27. The summed E-state index contributed by atoms with van der Waals surface area (Å²) in [5.41, 5.74) is 0.748. The predicted molar refractivity (Wildman–Crippen MR) is 108 cm³/mol. The first-order valence-corrected chi connectivity index (χ1v) is 9.28. The van der Waals surface area contributed by atoms with Crippen LogP contribution in [0.5, 0.6) is 0 Å². The number of carbonyl (C=O) groups excluding carboxylic acids is 1. The van der Waals surface area contributed by atoms with Crippen molar-refractivity contribution < 1.29 is 4.79 Å². The number of piperidine rings is 1. The Bertz CT molecular complexity index is 702. The van der Waals surface area contributed by atoms with E-state index in [1.807, 2.05) is 30.8 Å². The number of carbonyl (C=O) groups is 1. The van der Waals surface area contributed by atoms with E-state index < -0.39 is 5.54 Å². The van der Waals surface area contributed by atoms with E-state index in [0.29, 0.717) is 11.7 Å². The van der Waals surface area contributed by atoms with E-state index >= 15 is 0 Å². The fourth-order valence-corrected chi connectivity index (χ4v) is 3.88. The zero-order valence-corrected chi connectivity index (χ0v) is 17.6. The van der Waals surface area contributed by atoms with Gasteiger partial charge in [-0.3, -0.25) is 4.79 Å². The van der Waals surface area contributed by atoms with Crippen LogP contribution in [0.1, 0.15) is 60.3 Å². The Morgan fingerprint density at radius 2 is 2.12 bits per heavy atom. The minimum absolute atomic E-state index is 0. The lowest BCUT2D eigenvalue weighted by atomic mass is 9.99. The number of rotatable bonds is 5. The maximum absolute atomic E-state index is 12.8. The summed E-state index contributed by atoms with van der Waals surface area (Å²) in [6, 6.07) is 0.317. The van der Waals surface area contributed by atoms with Crippen molar-refractivity contribution in [2.24, 2.45) is 0 Å². The molecule has 1 unspecified atom stereocenters. The lowest BCUT2D eigenvalue weighted by molar-refractivity contribution is 0.0896. The molecule has 0 spiro atoms. The monoisotopic (exact) mass is 420 g/mol. The minimum atomic E-state index is -0.490. The summed E-state index contributed by atoms with van der Waals surface area (Å²) in [7, 11) is 0. The van der Waals surface area contributed by atoms with E-state index in [9.17, 15) is 4.79 Å². The first-order valence-electron chi connectivity index (χ1n) is 8.40. The van der Waals surface area contributed by atoms with Crippen LogP contribution in [0.2, 0.25) is 0 Å². The number of halogens is 2. The second kappa shape index (κ2) is 9.64. The predicted octanol–water partition coefficient (Wildman–Crippen LogP) is 2.87. The lowest BCUT2D eigenvalue weighted by Crippen LogP contribution is -2.43. The van der Waals surface area contributed by atoms with Crippen LogP contribution in [0.4, 0.5) is 0 Å². The number of thiazole rings is 1. The fraction of sp³-hybridized carbons (Fsp3) is 0.625. The Labute approximate surface area is 170 Å². The number of hydrogen-bond donors (Lipinski definition) is 2. The molecule has 3 heterocycles. The molecule has 1 fully saturated rings. The van der Waals surface area contributed by atoms with Gasteiger partial charge in [0.1, 0.15) is 5.01 Å². The van der Waals surface area contributed by atoms with Gasteiger partial charge in [-0.1, -0.05) is 12.1 Å². The van der Waals surface area contributed by atoms with Gasteiger partial charge < -0.3 is 10.6 Å². The van der Waals surface area contributed by atoms with Crippen molar-refractivity contribution in [1.82, 2.24) is 30.6 Å². The highest BCUT2D eigenvalue weighted by Gasteiger charge is 2.32. The van der Waals surface area contributed by atoms with Crippen molar-refractivity contribution in [2.45, 2.75) is 51.6 Å². The Morgan fingerprint density at radius 3 is 2.69 bits per heavy atom. The summed E-state index contributed by atoms with van der Waals surface area (Å²) in [5, 5.41) is 17.7. The number of amides is 1. The number of nitrogens with one attached hydrogen (secondary N) is 2. The van der Waals surface area contributed by atoms with Gasteiger partial charge in [0.2, 0.25) is 0 Å². The Kier molecular flexibility index (Phi) is 8.46. The van der Waals surface area contributed by atoms with Gasteiger partial charge in [0, 0.05) is 11.6 Å². The zero-order chi connectivity index (χ0) is 17.2. The summed E-state index contributed by atoms with van der Waals surface area (Å²) in [6.45, 7) is 7.91. The van der Waals surface area contributed by atoms with Crippen LogP contribution in [0.15, 0.2) is 11.6 Å². The summed E-state index contributed by atoms with van der Waals surface area (Å²) < 4.78 is 1.91. The van der Waals surface area contributed by atoms with Crippen molar-refractivity contribution in [1.29, 1.82) is 0 Å². The summed E-state index contributed by atoms with van der Waals surface area (Å²) in [6.07, 6.45) is 4.54. The standard InChI is InChI=1S/C16H24N6OS.2ClH/c1-4-16(3,15-18-9-10-24-15)19-14(23)13-11(2)22(21-20-13)12-5-7-17-8-6-12;;/h9-10,12,17H,4-8H2,1-3H3,(H,19,23);2*1H. The highest BCUT2D eigenvalue weighted by atomic mass is 35.5. The zero-order valence-electron chi connectivity index (χ0n) is 15.2. The molecule has 0 bridgehead atoms. The van der Waals surface area contributed by atoms with Gasteiger partial charge in [0.15, 0.2) is 5.69 Å². The van der Waals surface area contributed by atoms with Crippen LogP contribution >= 0.6 is 36.2 Å². The first-order chi connectivity index (χ1) is 11.5. The fourth-order valence-electron chi connectivity index (χ4n) is 3.05. The molecule has 26 heavy (non-hydrogen) atoms. The molecule has 1 aliphatic heterocycles. The van der Waals surface area contributed by atoms with Gasteiger partial charge in [0.25, 0.3) is 5.91 Å². The molecule has 1 atom stereocenters. The summed E-state index contributed by atoms with van der Waals surface area (Å²) in [5.74, 6) is -0.188. The van der Waals surface area contributed by atoms with E-state index in [0.717, 1.165) is 43.1 Å². The van der Waals surface area contributed by atoms with Crippen molar-refractivity contribution in [2.75, 3.05) is 13.1 Å². The maximum Gasteiger partial charge on any atom is 0.274 e. The molecule has 2 aromatic rings. The molecule has 2 N–H and O–H groups in total. The quantitative estimate of drug-likeness (QED) is 0.776. The molecule has 1 saturated heterocycles. The van der Waals surface area contributed by atoms with Crippen LogP contribution in [0.25, 0.3) is 0 Å². The smallest absolute Gasteiger partial charge is 0.274 e. The largest absolute Gasteiger partial charge is 0.339 e. The van der Waals surface area contributed by atoms with Crippen LogP contribution in [0, 0.1) is 6.92 Å². The molecule has 146 valence electrons. The number of hydrogen-bond acceptors (Lipinski definition) is 6. The average molecular weight is 421 g/mol. The number of nitrogens with zero attached hydrogens (tertiary/aromatic N) is 4. The van der Waals surface area contributed by atoms with Crippen molar-refractivity contribution >= 4 is 42.1 Å². The van der Waals surface area contributed by atoms with E-state index in [1.165, 1.54) is 0 Å². The van der Waals surface area contributed by atoms with Gasteiger partial charge in [-0.05, 0) is 46.2 Å². The van der Waals surface area contributed by atoms with E-state index in [1.54, 1.807) is 17.5 Å². The highest BCUT2D eigenvalue weighted by molar-refractivity contribution is 7.09. The summed E-state index contributed by atoms with van der Waals surface area (Å²) in [4.78, 5) is 17.1. The SMILES string of the molecule is CCC(C)(NC(=O)c1nnn(C2CCNCC2)c1C)c1nccs1.Cl.Cl. The van der Waals surface area contributed by atoms with Crippen molar-refractivity contribution in [3.05, 3.63) is 28.0 Å². The van der Waals surface area contributed by atoms with Crippen molar-refractivity contribution in [3.8, 4) is 0 Å². The topological polar surface area (TPSA) is 84.7 Å². The van der Waals surface area contributed by atoms with Gasteiger partial charge in [0.05, 0.1) is 17.3 Å². The number of aromatic nitrogens is 4. The molecule has 10 heteroatoms. The second-order valence-electron chi connectivity index (χ2n) is 6.43. The third kappa shape index (κ3) is 4.54. The molecule has 3 rings (SSSR count). The molecule has 2 aromatic heterocycles. The summed E-state index contributed by atoms with van der Waals surface area (Å²) >= 11 is 1.55. The van der Waals surface area contributed by atoms with Gasteiger partial charge in [-0.2, -0.15) is 0 Å². The Hall–Kier alpha value is -1.22. The minimum Gasteiger partial charge on any atom is -0.339 e. The molecule has 0 aromatic carbocycles. The molecule has 7 nitrogen and oxygen atoms in total. The normalized spacial score (nSPS) is 16.9. The average Bonchev–Trinajstić information content (AvgIpc) is 3.25. The Balaban J connectivity index is 0.00000169. The molecule has 0 saturated carbocycles. The van der Waals surface area contributed by atoms with Crippen LogP contribution < -0.4 is 10.6 Å². The molecule has 0 radical (unpaired) electrons. The van der Waals surface area contributed by atoms with Crippen LogP contribution in [-0.4, -0.2) is 39.0 Å². The maximum atomic E-state index is 12.8.